The minimum atomic E-state index is 0.142. The van der Waals surface area contributed by atoms with Crippen LogP contribution in [0, 0.1) is 0 Å². The van der Waals surface area contributed by atoms with Crippen LogP contribution >= 0.6 is 0 Å². The van der Waals surface area contributed by atoms with Crippen molar-refractivity contribution in [2.24, 2.45) is 0 Å². The van der Waals surface area contributed by atoms with Crippen LogP contribution in [0.4, 0.5) is 11.5 Å². The summed E-state index contributed by atoms with van der Waals surface area (Å²) in [6, 6.07) is 11.8. The molecule has 0 bridgehead atoms. The van der Waals surface area contributed by atoms with Crippen molar-refractivity contribution in [1.29, 1.82) is 0 Å². The van der Waals surface area contributed by atoms with Gasteiger partial charge in [-0.25, -0.2) is 4.98 Å². The summed E-state index contributed by atoms with van der Waals surface area (Å²) in [6.07, 6.45) is 2.79. The molecule has 1 unspecified atom stereocenters. The Bertz CT molecular complexity index is 531. The van der Waals surface area contributed by atoms with Gasteiger partial charge >= 0.3 is 0 Å². The Balaban J connectivity index is 1.62. The van der Waals surface area contributed by atoms with Gasteiger partial charge in [-0.2, -0.15) is 0 Å². The molecule has 0 saturated heterocycles. The third-order valence-electron chi connectivity index (χ3n) is 3.05. The molecule has 0 radical (unpaired) electrons. The molecule has 1 aliphatic heterocycles. The summed E-state index contributed by atoms with van der Waals surface area (Å²) >= 11 is 0. The van der Waals surface area contributed by atoms with Crippen molar-refractivity contribution in [3.05, 3.63) is 48.2 Å². The second-order valence-corrected chi connectivity index (χ2v) is 4.37. The highest BCUT2D eigenvalue weighted by Gasteiger charge is 2.22. The Labute approximate surface area is 106 Å². The van der Waals surface area contributed by atoms with Gasteiger partial charge in [0.25, 0.3) is 0 Å². The molecule has 18 heavy (non-hydrogen) atoms. The maximum atomic E-state index is 5.84. The number of nitrogens with two attached hydrogens (primary N) is 1. The average molecular weight is 241 g/mol. The minimum Gasteiger partial charge on any atom is -0.488 e. The third-order valence-corrected chi connectivity index (χ3v) is 3.05. The summed E-state index contributed by atoms with van der Waals surface area (Å²) in [5, 5.41) is 3.23. The lowest BCUT2D eigenvalue weighted by molar-refractivity contribution is 0.246. The van der Waals surface area contributed by atoms with Crippen LogP contribution in [0.1, 0.15) is 5.56 Å². The standard InChI is InChI=1S/C14H15N3O/c15-12-5-3-7-16-14(12)17-9-11-8-10-4-1-2-6-13(10)18-11/h1-7,11H,8-9,15H2,(H,16,17). The van der Waals surface area contributed by atoms with Gasteiger partial charge in [0, 0.05) is 12.6 Å². The lowest BCUT2D eigenvalue weighted by Crippen LogP contribution is -2.24. The molecule has 0 fully saturated rings. The number of aromatic nitrogens is 1. The molecule has 0 amide bonds. The van der Waals surface area contributed by atoms with E-state index < -0.39 is 0 Å². The van der Waals surface area contributed by atoms with E-state index in [2.05, 4.69) is 16.4 Å². The van der Waals surface area contributed by atoms with Crippen LogP contribution in [-0.4, -0.2) is 17.6 Å². The fourth-order valence-corrected chi connectivity index (χ4v) is 2.14. The number of anilines is 2. The largest absolute Gasteiger partial charge is 0.488 e. The third kappa shape index (κ3) is 2.09. The topological polar surface area (TPSA) is 60.2 Å². The predicted molar refractivity (Wildman–Crippen MR) is 71.7 cm³/mol. The van der Waals surface area contributed by atoms with Crippen LogP contribution in [0.5, 0.6) is 5.75 Å². The number of nitrogens with zero attached hydrogens (tertiary/aromatic N) is 1. The highest BCUT2D eigenvalue weighted by molar-refractivity contribution is 5.60. The first-order chi connectivity index (χ1) is 8.83. The van der Waals surface area contributed by atoms with Gasteiger partial charge in [0.15, 0.2) is 0 Å². The van der Waals surface area contributed by atoms with Gasteiger partial charge in [0.1, 0.15) is 17.7 Å². The van der Waals surface area contributed by atoms with E-state index in [1.807, 2.05) is 30.3 Å². The molecule has 4 heteroatoms. The van der Waals surface area contributed by atoms with Crippen molar-refractivity contribution in [3.8, 4) is 5.75 Å². The maximum absolute atomic E-state index is 5.84. The second kappa shape index (κ2) is 4.56. The van der Waals surface area contributed by atoms with Crippen molar-refractivity contribution in [1.82, 2.24) is 4.98 Å². The Morgan fingerprint density at radius 3 is 3.00 bits per heavy atom. The van der Waals surface area contributed by atoms with Crippen molar-refractivity contribution >= 4 is 11.5 Å². The molecule has 2 heterocycles. The predicted octanol–water partition coefficient (Wildman–Crippen LogP) is 2.08. The zero-order chi connectivity index (χ0) is 12.4. The Hall–Kier alpha value is -2.23. The maximum Gasteiger partial charge on any atom is 0.149 e. The number of hydrogen-bond acceptors (Lipinski definition) is 4. The molecule has 3 N–H and O–H groups in total. The normalized spacial score (nSPS) is 17.0. The molecule has 0 spiro atoms. The summed E-state index contributed by atoms with van der Waals surface area (Å²) in [7, 11) is 0. The molecule has 92 valence electrons. The number of rotatable bonds is 3. The molecule has 3 rings (SSSR count). The van der Waals surface area contributed by atoms with E-state index in [1.165, 1.54) is 5.56 Å². The van der Waals surface area contributed by atoms with Gasteiger partial charge in [0.2, 0.25) is 0 Å². The van der Waals surface area contributed by atoms with E-state index in [0.29, 0.717) is 12.2 Å². The zero-order valence-corrected chi connectivity index (χ0v) is 9.97. The summed E-state index contributed by atoms with van der Waals surface area (Å²) in [6.45, 7) is 0.704. The highest BCUT2D eigenvalue weighted by atomic mass is 16.5. The summed E-state index contributed by atoms with van der Waals surface area (Å²) < 4.78 is 5.84. The van der Waals surface area contributed by atoms with Crippen molar-refractivity contribution in [2.45, 2.75) is 12.5 Å². The van der Waals surface area contributed by atoms with Crippen LogP contribution in [0.15, 0.2) is 42.6 Å². The summed E-state index contributed by atoms with van der Waals surface area (Å²) in [4.78, 5) is 4.20. The number of para-hydroxylation sites is 1. The van der Waals surface area contributed by atoms with E-state index in [9.17, 15) is 0 Å². The van der Waals surface area contributed by atoms with E-state index >= 15 is 0 Å². The van der Waals surface area contributed by atoms with Crippen LogP contribution in [0.3, 0.4) is 0 Å². The number of hydrogen-bond donors (Lipinski definition) is 2. The van der Waals surface area contributed by atoms with Gasteiger partial charge in [-0.15, -0.1) is 0 Å². The van der Waals surface area contributed by atoms with Crippen molar-refractivity contribution < 1.29 is 4.74 Å². The SMILES string of the molecule is Nc1cccnc1NCC1Cc2ccccc2O1. The second-order valence-electron chi connectivity index (χ2n) is 4.37. The van der Waals surface area contributed by atoms with Crippen molar-refractivity contribution in [3.63, 3.8) is 0 Å². The van der Waals surface area contributed by atoms with Crippen LogP contribution in [-0.2, 0) is 6.42 Å². The Morgan fingerprint density at radius 1 is 1.28 bits per heavy atom. The first-order valence-electron chi connectivity index (χ1n) is 6.02. The highest BCUT2D eigenvalue weighted by Crippen LogP contribution is 2.28. The van der Waals surface area contributed by atoms with Gasteiger partial charge in [0.05, 0.1) is 12.2 Å². The van der Waals surface area contributed by atoms with E-state index in [4.69, 9.17) is 10.5 Å². The Morgan fingerprint density at radius 2 is 2.17 bits per heavy atom. The molecule has 0 saturated carbocycles. The molecule has 1 aromatic heterocycles. The molecular formula is C14H15N3O. The lowest BCUT2D eigenvalue weighted by Gasteiger charge is -2.13. The first kappa shape index (κ1) is 10.9. The fourth-order valence-electron chi connectivity index (χ4n) is 2.14. The summed E-state index contributed by atoms with van der Waals surface area (Å²) in [5.74, 6) is 1.70. The number of ether oxygens (including phenoxy) is 1. The van der Waals surface area contributed by atoms with E-state index in [1.54, 1.807) is 6.20 Å². The average Bonchev–Trinajstić information content (AvgIpc) is 2.80. The van der Waals surface area contributed by atoms with E-state index in [-0.39, 0.29) is 6.10 Å². The first-order valence-corrected chi connectivity index (χ1v) is 6.02. The molecule has 0 aliphatic carbocycles. The van der Waals surface area contributed by atoms with E-state index in [0.717, 1.165) is 18.0 Å². The monoisotopic (exact) mass is 241 g/mol. The number of pyridine rings is 1. The number of nitrogen functional groups attached to an aromatic ring is 1. The number of benzene rings is 1. The number of nitrogens with one attached hydrogen (secondary N) is 1. The molecule has 1 aliphatic rings. The quantitative estimate of drug-likeness (QED) is 0.863. The smallest absolute Gasteiger partial charge is 0.149 e. The van der Waals surface area contributed by atoms with Gasteiger partial charge in [-0.3, -0.25) is 0 Å². The summed E-state index contributed by atoms with van der Waals surface area (Å²) in [5.41, 5.74) is 7.75. The fraction of sp³-hybridized carbons (Fsp3) is 0.214. The molecule has 1 atom stereocenters. The van der Waals surface area contributed by atoms with Gasteiger partial charge < -0.3 is 15.8 Å². The minimum absolute atomic E-state index is 0.142. The Kier molecular flexibility index (Phi) is 2.76. The zero-order valence-electron chi connectivity index (χ0n) is 9.97. The molecule has 4 nitrogen and oxygen atoms in total. The van der Waals surface area contributed by atoms with Crippen LogP contribution < -0.4 is 15.8 Å². The lowest BCUT2D eigenvalue weighted by atomic mass is 10.1. The van der Waals surface area contributed by atoms with Gasteiger partial charge in [-0.1, -0.05) is 18.2 Å². The molecular weight excluding hydrogens is 226 g/mol. The molecule has 2 aromatic rings. The van der Waals surface area contributed by atoms with Crippen molar-refractivity contribution in [2.75, 3.05) is 17.6 Å². The van der Waals surface area contributed by atoms with Gasteiger partial charge in [-0.05, 0) is 23.8 Å². The van der Waals surface area contributed by atoms with Crippen LogP contribution in [0.2, 0.25) is 0 Å². The van der Waals surface area contributed by atoms with Crippen LogP contribution in [0.25, 0.3) is 0 Å². The number of fused-ring (bicyclic) bond motifs is 1. The molecule has 1 aromatic carbocycles.